The Balaban J connectivity index is 1.73. The number of aliphatic hydroxyl groups excluding tert-OH is 2. The molecule has 2 heterocycles. The maximum absolute atomic E-state index is 9.37. The van der Waals surface area contributed by atoms with Gasteiger partial charge in [0.15, 0.2) is 11.3 Å². The number of ether oxygens (including phenoxy) is 1. The second kappa shape index (κ2) is 6.95. The Kier molecular flexibility index (Phi) is 4.77. The van der Waals surface area contributed by atoms with Crippen molar-refractivity contribution < 1.29 is 19.4 Å². The van der Waals surface area contributed by atoms with Gasteiger partial charge in [-0.25, -0.2) is 0 Å². The molecule has 1 aliphatic heterocycles. The lowest BCUT2D eigenvalue weighted by atomic mass is 10.1. The number of benzene rings is 1. The molecule has 1 fully saturated rings. The fraction of sp³-hybridized carbons (Fsp3) is 0.533. The van der Waals surface area contributed by atoms with Gasteiger partial charge in [-0.15, -0.1) is 0 Å². The standard InChI is InChI=1S/C15H21N3O4/c19-8-11(20)9-21-13-3-1-2-12-14(13)22-15(18-12)17-10-4-6-16-7-5-10/h1-3,10-11,16,19-20H,4-9H2,(H,17,18). The van der Waals surface area contributed by atoms with Crippen LogP contribution in [0, 0.1) is 0 Å². The van der Waals surface area contributed by atoms with Gasteiger partial charge in [-0.1, -0.05) is 6.07 Å². The van der Waals surface area contributed by atoms with Crippen molar-refractivity contribution >= 4 is 17.1 Å². The summed E-state index contributed by atoms with van der Waals surface area (Å²) in [7, 11) is 0. The van der Waals surface area contributed by atoms with Gasteiger partial charge in [-0.3, -0.25) is 0 Å². The lowest BCUT2D eigenvalue weighted by Gasteiger charge is -2.22. The van der Waals surface area contributed by atoms with E-state index in [2.05, 4.69) is 15.6 Å². The number of aromatic nitrogens is 1. The maximum Gasteiger partial charge on any atom is 0.296 e. The van der Waals surface area contributed by atoms with Crippen LogP contribution in [0.5, 0.6) is 5.75 Å². The summed E-state index contributed by atoms with van der Waals surface area (Å²) in [4.78, 5) is 4.42. The van der Waals surface area contributed by atoms with E-state index in [9.17, 15) is 5.11 Å². The summed E-state index contributed by atoms with van der Waals surface area (Å²) in [5.74, 6) is 0.510. The smallest absolute Gasteiger partial charge is 0.296 e. The van der Waals surface area contributed by atoms with E-state index in [1.165, 1.54) is 0 Å². The van der Waals surface area contributed by atoms with Crippen molar-refractivity contribution in [3.63, 3.8) is 0 Å². The molecule has 1 aromatic carbocycles. The number of hydrogen-bond acceptors (Lipinski definition) is 7. The third-order valence-electron chi connectivity index (χ3n) is 3.69. The molecule has 1 saturated heterocycles. The van der Waals surface area contributed by atoms with E-state index in [1.807, 2.05) is 12.1 Å². The Bertz CT molecular complexity index is 610. The first kappa shape index (κ1) is 15.1. The van der Waals surface area contributed by atoms with Crippen LogP contribution in [0.3, 0.4) is 0 Å². The van der Waals surface area contributed by atoms with Gasteiger partial charge in [-0.2, -0.15) is 4.98 Å². The van der Waals surface area contributed by atoms with Crippen molar-refractivity contribution in [1.29, 1.82) is 0 Å². The van der Waals surface area contributed by atoms with Gasteiger partial charge in [0.1, 0.15) is 18.2 Å². The minimum absolute atomic E-state index is 0.00731. The van der Waals surface area contributed by atoms with Crippen molar-refractivity contribution in [2.75, 3.05) is 31.6 Å². The molecule has 4 N–H and O–H groups in total. The van der Waals surface area contributed by atoms with Crippen LogP contribution in [-0.2, 0) is 0 Å². The molecular formula is C15H21N3O4. The van der Waals surface area contributed by atoms with Gasteiger partial charge in [0.05, 0.1) is 6.61 Å². The summed E-state index contributed by atoms with van der Waals surface area (Å²) in [5.41, 5.74) is 1.25. The fourth-order valence-electron chi connectivity index (χ4n) is 2.48. The molecular weight excluding hydrogens is 286 g/mol. The monoisotopic (exact) mass is 307 g/mol. The summed E-state index contributed by atoms with van der Waals surface area (Å²) in [6.07, 6.45) is 1.15. The van der Waals surface area contributed by atoms with Crippen molar-refractivity contribution in [3.05, 3.63) is 18.2 Å². The number of rotatable bonds is 6. The number of para-hydroxylation sites is 1. The zero-order chi connectivity index (χ0) is 15.4. The fourth-order valence-corrected chi connectivity index (χ4v) is 2.48. The van der Waals surface area contributed by atoms with E-state index in [4.69, 9.17) is 14.3 Å². The van der Waals surface area contributed by atoms with E-state index in [-0.39, 0.29) is 13.2 Å². The lowest BCUT2D eigenvalue weighted by molar-refractivity contribution is 0.0538. The highest BCUT2D eigenvalue weighted by Gasteiger charge is 2.17. The Hall–Kier alpha value is -1.83. The average Bonchev–Trinajstić information content (AvgIpc) is 2.96. The zero-order valence-corrected chi connectivity index (χ0v) is 12.3. The van der Waals surface area contributed by atoms with Gasteiger partial charge in [0, 0.05) is 6.04 Å². The van der Waals surface area contributed by atoms with Gasteiger partial charge >= 0.3 is 0 Å². The minimum atomic E-state index is -0.912. The first-order chi connectivity index (χ1) is 10.8. The zero-order valence-electron chi connectivity index (χ0n) is 12.3. The van der Waals surface area contributed by atoms with Gasteiger partial charge < -0.3 is 30.0 Å². The van der Waals surface area contributed by atoms with Gasteiger partial charge in [-0.05, 0) is 38.1 Å². The predicted molar refractivity (Wildman–Crippen MR) is 82.1 cm³/mol. The molecule has 0 aliphatic carbocycles. The van der Waals surface area contributed by atoms with Crippen LogP contribution < -0.4 is 15.4 Å². The van der Waals surface area contributed by atoms with Crippen LogP contribution in [0.1, 0.15) is 12.8 Å². The number of piperidine rings is 1. The van der Waals surface area contributed by atoms with Gasteiger partial charge in [0.25, 0.3) is 6.01 Å². The molecule has 1 unspecified atom stereocenters. The Morgan fingerprint density at radius 1 is 1.41 bits per heavy atom. The molecule has 7 heteroatoms. The van der Waals surface area contributed by atoms with Crippen LogP contribution in [0.4, 0.5) is 6.01 Å². The molecule has 1 aromatic heterocycles. The lowest BCUT2D eigenvalue weighted by Crippen LogP contribution is -2.35. The minimum Gasteiger partial charge on any atom is -0.487 e. The quantitative estimate of drug-likeness (QED) is 0.624. The topological polar surface area (TPSA) is 99.8 Å². The Labute approximate surface area is 128 Å². The van der Waals surface area contributed by atoms with E-state index in [1.54, 1.807) is 6.07 Å². The number of aliphatic hydroxyl groups is 2. The molecule has 1 aliphatic rings. The molecule has 3 rings (SSSR count). The number of fused-ring (bicyclic) bond motifs is 1. The summed E-state index contributed by atoms with van der Waals surface area (Å²) in [5, 5.41) is 24.8. The molecule has 0 spiro atoms. The van der Waals surface area contributed by atoms with Crippen molar-refractivity contribution in [1.82, 2.24) is 10.3 Å². The number of oxazole rings is 1. The molecule has 2 aromatic rings. The summed E-state index contributed by atoms with van der Waals surface area (Å²) >= 11 is 0. The Morgan fingerprint density at radius 2 is 2.23 bits per heavy atom. The van der Waals surface area contributed by atoms with Crippen LogP contribution in [-0.4, -0.2) is 53.6 Å². The van der Waals surface area contributed by atoms with Crippen LogP contribution >= 0.6 is 0 Å². The van der Waals surface area contributed by atoms with E-state index in [0.29, 0.717) is 28.9 Å². The van der Waals surface area contributed by atoms with Crippen LogP contribution in [0.2, 0.25) is 0 Å². The molecule has 1 atom stereocenters. The normalized spacial score (nSPS) is 17.5. The molecule has 0 bridgehead atoms. The second-order valence-corrected chi connectivity index (χ2v) is 5.44. The third-order valence-corrected chi connectivity index (χ3v) is 3.69. The molecule has 22 heavy (non-hydrogen) atoms. The average molecular weight is 307 g/mol. The Morgan fingerprint density at radius 3 is 3.00 bits per heavy atom. The first-order valence-electron chi connectivity index (χ1n) is 7.55. The first-order valence-corrected chi connectivity index (χ1v) is 7.55. The summed E-state index contributed by atoms with van der Waals surface area (Å²) in [6, 6.07) is 6.27. The highest BCUT2D eigenvalue weighted by molar-refractivity contribution is 5.80. The highest BCUT2D eigenvalue weighted by Crippen LogP contribution is 2.29. The van der Waals surface area contributed by atoms with E-state index in [0.717, 1.165) is 25.9 Å². The second-order valence-electron chi connectivity index (χ2n) is 5.44. The summed E-state index contributed by atoms with van der Waals surface area (Å²) in [6.45, 7) is 1.65. The number of anilines is 1. The molecule has 7 nitrogen and oxygen atoms in total. The molecule has 0 saturated carbocycles. The maximum atomic E-state index is 9.37. The number of nitrogens with zero attached hydrogens (tertiary/aromatic N) is 1. The largest absolute Gasteiger partial charge is 0.487 e. The molecule has 0 radical (unpaired) electrons. The molecule has 120 valence electrons. The van der Waals surface area contributed by atoms with Crippen LogP contribution in [0.25, 0.3) is 11.1 Å². The third kappa shape index (κ3) is 3.49. The predicted octanol–water partition coefficient (Wildman–Crippen LogP) is 0.724. The van der Waals surface area contributed by atoms with E-state index < -0.39 is 6.10 Å². The van der Waals surface area contributed by atoms with Gasteiger partial charge in [0.2, 0.25) is 0 Å². The van der Waals surface area contributed by atoms with Crippen molar-refractivity contribution in [2.24, 2.45) is 0 Å². The highest BCUT2D eigenvalue weighted by atomic mass is 16.5. The number of hydrogen-bond donors (Lipinski definition) is 4. The summed E-state index contributed by atoms with van der Waals surface area (Å²) < 4.78 is 11.2. The SMILES string of the molecule is OCC(O)COc1cccc2nc(NC3CCNCC3)oc12. The molecule has 0 amide bonds. The van der Waals surface area contributed by atoms with Crippen LogP contribution in [0.15, 0.2) is 22.6 Å². The number of nitrogens with one attached hydrogen (secondary N) is 2. The van der Waals surface area contributed by atoms with Crippen molar-refractivity contribution in [3.8, 4) is 5.75 Å². The van der Waals surface area contributed by atoms with E-state index >= 15 is 0 Å². The van der Waals surface area contributed by atoms with Crippen molar-refractivity contribution in [2.45, 2.75) is 25.0 Å².